The minimum Gasteiger partial charge on any atom is -0.491 e. The first-order valence-corrected chi connectivity index (χ1v) is 13.8. The van der Waals surface area contributed by atoms with Crippen molar-refractivity contribution < 1.29 is 13.2 Å². The van der Waals surface area contributed by atoms with E-state index in [1.54, 1.807) is 6.20 Å². The smallest absolute Gasteiger partial charge is 0.236 e. The number of nitriles is 1. The number of nitrogens with zero attached hydrogens (tertiary/aromatic N) is 4. The van der Waals surface area contributed by atoms with Crippen LogP contribution in [0.2, 0.25) is 5.02 Å². The Labute approximate surface area is 217 Å². The second-order valence-electron chi connectivity index (χ2n) is 9.36. The topological polar surface area (TPSA) is 108 Å². The maximum absolute atomic E-state index is 11.5. The molecule has 188 valence electrons. The number of rotatable bonds is 8. The molecule has 4 rings (SSSR count). The van der Waals surface area contributed by atoms with Crippen LogP contribution in [0.5, 0.6) is 5.75 Å². The van der Waals surface area contributed by atoms with E-state index in [0.29, 0.717) is 36.0 Å². The Kier molecular flexibility index (Phi) is 7.12. The van der Waals surface area contributed by atoms with Gasteiger partial charge in [0.05, 0.1) is 35.7 Å². The first-order chi connectivity index (χ1) is 17.0. The number of anilines is 2. The lowest BCUT2D eigenvalue weighted by atomic mass is 9.77. The summed E-state index contributed by atoms with van der Waals surface area (Å²) in [6, 6.07) is 14.2. The Balaban J connectivity index is 1.55. The van der Waals surface area contributed by atoms with Crippen molar-refractivity contribution in [3.63, 3.8) is 0 Å². The van der Waals surface area contributed by atoms with Crippen molar-refractivity contribution in [1.29, 1.82) is 5.26 Å². The number of sulfonamides is 1. The quantitative estimate of drug-likeness (QED) is 0.440. The molecule has 1 aliphatic heterocycles. The Morgan fingerprint density at radius 3 is 2.56 bits per heavy atom. The molecule has 10 heteroatoms. The molecule has 0 atom stereocenters. The van der Waals surface area contributed by atoms with Crippen LogP contribution in [0.3, 0.4) is 0 Å². The van der Waals surface area contributed by atoms with Crippen LogP contribution in [0, 0.1) is 11.3 Å². The van der Waals surface area contributed by atoms with Crippen LogP contribution >= 0.6 is 11.6 Å². The van der Waals surface area contributed by atoms with Gasteiger partial charge < -0.3 is 9.64 Å². The Hall–Kier alpha value is -3.35. The van der Waals surface area contributed by atoms with Gasteiger partial charge in [-0.25, -0.2) is 18.4 Å². The fourth-order valence-electron chi connectivity index (χ4n) is 4.19. The summed E-state index contributed by atoms with van der Waals surface area (Å²) in [4.78, 5) is 10.6. The highest BCUT2D eigenvalue weighted by molar-refractivity contribution is 7.91. The van der Waals surface area contributed by atoms with Crippen molar-refractivity contribution in [1.82, 2.24) is 9.97 Å². The second kappa shape index (κ2) is 9.96. The molecule has 0 unspecified atom stereocenters. The van der Waals surface area contributed by atoms with Crippen LogP contribution < -0.4 is 14.4 Å². The standard InChI is InChI=1S/C26H28ClN5O3S/c1-5-10-35-24-17(13-28)11-20(12-22(24)27)26(2,3)19-6-8-21(9-7-19)32-15-18-14-29-25(30-23(18)16-32)31-36(4,33)34/h6-9,11-12,14H,5,10,15-16H2,1-4H3,(H,29,30,31). The lowest BCUT2D eigenvalue weighted by Crippen LogP contribution is -2.20. The van der Waals surface area contributed by atoms with Gasteiger partial charge in [-0.1, -0.05) is 44.5 Å². The zero-order valence-corrected chi connectivity index (χ0v) is 22.2. The van der Waals surface area contributed by atoms with Crippen LogP contribution in [0.25, 0.3) is 0 Å². The first kappa shape index (κ1) is 25.7. The van der Waals surface area contributed by atoms with Crippen molar-refractivity contribution in [3.05, 3.63) is 75.6 Å². The third-order valence-corrected chi connectivity index (χ3v) is 7.06. The van der Waals surface area contributed by atoms with E-state index in [1.165, 1.54) is 0 Å². The molecule has 1 aliphatic rings. The molecule has 3 aromatic rings. The maximum Gasteiger partial charge on any atom is 0.236 e. The molecule has 0 saturated carbocycles. The number of nitrogens with one attached hydrogen (secondary N) is 1. The average Bonchev–Trinajstić information content (AvgIpc) is 3.25. The van der Waals surface area contributed by atoms with Crippen LogP contribution in [0.4, 0.5) is 11.6 Å². The van der Waals surface area contributed by atoms with Gasteiger partial charge in [-0.05, 0) is 41.8 Å². The molecule has 0 bridgehead atoms. The molecule has 36 heavy (non-hydrogen) atoms. The SMILES string of the molecule is CCCOc1c(Cl)cc(C(C)(C)c2ccc(N3Cc4cnc(NS(C)(=O)=O)nc4C3)cc2)cc1C#N. The Morgan fingerprint density at radius 2 is 1.92 bits per heavy atom. The van der Waals surface area contributed by atoms with E-state index >= 15 is 0 Å². The molecule has 0 fully saturated rings. The van der Waals surface area contributed by atoms with Crippen molar-refractivity contribution in [3.8, 4) is 11.8 Å². The van der Waals surface area contributed by atoms with Gasteiger partial charge in [0.25, 0.3) is 0 Å². The number of hydrogen-bond acceptors (Lipinski definition) is 7. The molecule has 0 spiro atoms. The number of aromatic nitrogens is 2. The normalized spacial score (nSPS) is 13.3. The highest BCUT2D eigenvalue weighted by Crippen LogP contribution is 2.39. The maximum atomic E-state index is 11.5. The van der Waals surface area contributed by atoms with E-state index in [0.717, 1.165) is 40.7 Å². The van der Waals surface area contributed by atoms with E-state index in [1.807, 2.05) is 19.1 Å². The highest BCUT2D eigenvalue weighted by Gasteiger charge is 2.27. The minimum absolute atomic E-state index is 0.0803. The number of benzene rings is 2. The second-order valence-corrected chi connectivity index (χ2v) is 11.5. The molecule has 2 aromatic carbocycles. The highest BCUT2D eigenvalue weighted by atomic mass is 35.5. The molecular formula is C26H28ClN5O3S. The Bertz CT molecular complexity index is 1430. The fraction of sp³-hybridized carbons (Fsp3) is 0.346. The molecular weight excluding hydrogens is 498 g/mol. The summed E-state index contributed by atoms with van der Waals surface area (Å²) in [5, 5.41) is 10.1. The molecule has 1 N–H and O–H groups in total. The number of ether oxygens (including phenoxy) is 1. The van der Waals surface area contributed by atoms with Gasteiger partial charge in [-0.2, -0.15) is 5.26 Å². The van der Waals surface area contributed by atoms with Crippen LogP contribution in [-0.2, 0) is 28.5 Å². The van der Waals surface area contributed by atoms with Crippen LogP contribution in [0.1, 0.15) is 55.1 Å². The molecule has 0 radical (unpaired) electrons. The van der Waals surface area contributed by atoms with Crippen molar-refractivity contribution in [2.24, 2.45) is 0 Å². The summed E-state index contributed by atoms with van der Waals surface area (Å²) in [5.41, 5.74) is 4.80. The minimum atomic E-state index is -3.44. The number of halogens is 1. The third kappa shape index (κ3) is 5.40. The van der Waals surface area contributed by atoms with Gasteiger partial charge in [0.15, 0.2) is 5.75 Å². The summed E-state index contributed by atoms with van der Waals surface area (Å²) in [6.45, 7) is 7.89. The van der Waals surface area contributed by atoms with Gasteiger partial charge >= 0.3 is 0 Å². The zero-order chi connectivity index (χ0) is 26.1. The lowest BCUT2D eigenvalue weighted by molar-refractivity contribution is 0.316. The van der Waals surface area contributed by atoms with E-state index in [4.69, 9.17) is 16.3 Å². The summed E-state index contributed by atoms with van der Waals surface area (Å²) >= 11 is 6.51. The van der Waals surface area contributed by atoms with Crippen molar-refractivity contribution in [2.75, 3.05) is 22.5 Å². The summed E-state index contributed by atoms with van der Waals surface area (Å²) in [7, 11) is -3.44. The van der Waals surface area contributed by atoms with E-state index in [9.17, 15) is 13.7 Å². The molecule has 0 aliphatic carbocycles. The van der Waals surface area contributed by atoms with Crippen molar-refractivity contribution in [2.45, 2.75) is 45.7 Å². The molecule has 8 nitrogen and oxygen atoms in total. The van der Waals surface area contributed by atoms with Crippen LogP contribution in [-0.4, -0.2) is 31.2 Å². The predicted octanol–water partition coefficient (Wildman–Crippen LogP) is 5.01. The van der Waals surface area contributed by atoms with Crippen molar-refractivity contribution >= 4 is 33.3 Å². The summed E-state index contributed by atoms with van der Waals surface area (Å²) < 4.78 is 31.0. The van der Waals surface area contributed by atoms with Gasteiger partial charge in [-0.15, -0.1) is 0 Å². The van der Waals surface area contributed by atoms with Gasteiger partial charge in [0.2, 0.25) is 16.0 Å². The van der Waals surface area contributed by atoms with Gasteiger partial charge in [-0.3, -0.25) is 4.72 Å². The third-order valence-electron chi connectivity index (χ3n) is 6.22. The first-order valence-electron chi connectivity index (χ1n) is 11.6. The van der Waals surface area contributed by atoms with E-state index in [2.05, 4.69) is 63.8 Å². The van der Waals surface area contributed by atoms with Gasteiger partial charge in [0, 0.05) is 29.4 Å². The van der Waals surface area contributed by atoms with E-state index < -0.39 is 15.4 Å². The molecule has 0 saturated heterocycles. The van der Waals surface area contributed by atoms with Gasteiger partial charge in [0.1, 0.15) is 6.07 Å². The molecule has 0 amide bonds. The summed E-state index contributed by atoms with van der Waals surface area (Å²) in [6.07, 6.45) is 3.56. The Morgan fingerprint density at radius 1 is 1.19 bits per heavy atom. The molecule has 2 heterocycles. The lowest BCUT2D eigenvalue weighted by Gasteiger charge is -2.28. The average molecular weight is 526 g/mol. The fourth-order valence-corrected chi connectivity index (χ4v) is 4.90. The number of fused-ring (bicyclic) bond motifs is 1. The molecule has 1 aromatic heterocycles. The zero-order valence-electron chi connectivity index (χ0n) is 20.7. The largest absolute Gasteiger partial charge is 0.491 e. The predicted molar refractivity (Wildman–Crippen MR) is 141 cm³/mol. The van der Waals surface area contributed by atoms with E-state index in [-0.39, 0.29) is 5.95 Å². The van der Waals surface area contributed by atoms with Crippen LogP contribution in [0.15, 0.2) is 42.6 Å². The summed E-state index contributed by atoms with van der Waals surface area (Å²) in [5.74, 6) is 0.513. The monoisotopic (exact) mass is 525 g/mol. The number of hydrogen-bond donors (Lipinski definition) is 1.